The maximum absolute atomic E-state index is 13.0. The summed E-state index contributed by atoms with van der Waals surface area (Å²) in [6.07, 6.45) is 0.204. The molecule has 10 heteroatoms. The average Bonchev–Trinajstić information content (AvgIpc) is 3.30. The van der Waals surface area contributed by atoms with Gasteiger partial charge in [0.2, 0.25) is 12.7 Å². The first kappa shape index (κ1) is 21.3. The van der Waals surface area contributed by atoms with Crippen molar-refractivity contribution in [2.24, 2.45) is 0 Å². The molecule has 1 amide bonds. The number of amides is 1. The number of hydrogen-bond acceptors (Lipinski definition) is 7. The zero-order valence-electron chi connectivity index (χ0n) is 18.2. The SMILES string of the molecule is COc1ccc(N2CCN(C(=O)CCn3c(=S)[nH]c4cc5c(cc4c3=O)OCO5)CC2)cc1. The fourth-order valence-electron chi connectivity index (χ4n) is 4.22. The van der Waals surface area contributed by atoms with E-state index < -0.39 is 0 Å². The molecule has 3 aromatic rings. The smallest absolute Gasteiger partial charge is 0.262 e. The minimum Gasteiger partial charge on any atom is -0.497 e. The highest BCUT2D eigenvalue weighted by molar-refractivity contribution is 7.71. The Balaban J connectivity index is 1.23. The summed E-state index contributed by atoms with van der Waals surface area (Å²) in [6, 6.07) is 11.3. The van der Waals surface area contributed by atoms with Crippen LogP contribution in [0.15, 0.2) is 41.2 Å². The van der Waals surface area contributed by atoms with Crippen molar-refractivity contribution < 1.29 is 19.0 Å². The third-order valence-corrected chi connectivity index (χ3v) is 6.42. The van der Waals surface area contributed by atoms with Crippen molar-refractivity contribution in [3.05, 3.63) is 51.5 Å². The van der Waals surface area contributed by atoms with Crippen molar-refractivity contribution in [1.82, 2.24) is 14.5 Å². The van der Waals surface area contributed by atoms with Gasteiger partial charge in [-0.25, -0.2) is 0 Å². The largest absolute Gasteiger partial charge is 0.497 e. The number of methoxy groups -OCH3 is 1. The standard InChI is InChI=1S/C23H24N4O5S/c1-30-16-4-2-15(3-5-16)25-8-10-26(11-9-25)21(28)6-7-27-22(29)17-12-19-20(32-14-31-19)13-18(17)24-23(27)33/h2-5,12-13H,6-11,14H2,1H3,(H,24,33). The number of ether oxygens (including phenoxy) is 3. The molecule has 0 unspecified atom stereocenters. The van der Waals surface area contributed by atoms with Gasteiger partial charge in [0.25, 0.3) is 5.56 Å². The van der Waals surface area contributed by atoms with Crippen LogP contribution in [0.2, 0.25) is 0 Å². The molecule has 1 aromatic heterocycles. The second-order valence-corrected chi connectivity index (χ2v) is 8.34. The highest BCUT2D eigenvalue weighted by Gasteiger charge is 2.22. The van der Waals surface area contributed by atoms with Gasteiger partial charge in [-0.3, -0.25) is 14.2 Å². The quantitative estimate of drug-likeness (QED) is 0.576. The molecular weight excluding hydrogens is 444 g/mol. The number of aromatic nitrogens is 2. The maximum atomic E-state index is 13.0. The summed E-state index contributed by atoms with van der Waals surface area (Å²) in [5.41, 5.74) is 1.45. The highest BCUT2D eigenvalue weighted by atomic mass is 32.1. The Kier molecular flexibility index (Phi) is 5.67. The summed E-state index contributed by atoms with van der Waals surface area (Å²) in [5.74, 6) is 1.94. The van der Waals surface area contributed by atoms with E-state index in [0.717, 1.165) is 24.5 Å². The third kappa shape index (κ3) is 4.13. The van der Waals surface area contributed by atoms with Crippen LogP contribution >= 0.6 is 12.2 Å². The molecule has 3 heterocycles. The molecule has 2 aliphatic heterocycles. The Morgan fingerprint density at radius 1 is 1.09 bits per heavy atom. The molecule has 2 aliphatic rings. The molecule has 1 saturated heterocycles. The lowest BCUT2D eigenvalue weighted by molar-refractivity contribution is -0.131. The van der Waals surface area contributed by atoms with E-state index in [1.165, 1.54) is 4.57 Å². The summed E-state index contributed by atoms with van der Waals surface area (Å²) in [4.78, 5) is 33.0. The molecule has 9 nitrogen and oxygen atoms in total. The zero-order chi connectivity index (χ0) is 22.9. The third-order valence-electron chi connectivity index (χ3n) is 6.09. The van der Waals surface area contributed by atoms with Crippen LogP contribution < -0.4 is 24.7 Å². The van der Waals surface area contributed by atoms with Crippen LogP contribution in [0.1, 0.15) is 6.42 Å². The molecule has 1 N–H and O–H groups in total. The van der Waals surface area contributed by atoms with E-state index in [-0.39, 0.29) is 36.0 Å². The number of carbonyl (C=O) groups excluding carboxylic acids is 1. The molecule has 0 spiro atoms. The molecule has 33 heavy (non-hydrogen) atoms. The summed E-state index contributed by atoms with van der Waals surface area (Å²) in [7, 11) is 1.65. The van der Waals surface area contributed by atoms with Crippen LogP contribution in [0.25, 0.3) is 10.9 Å². The second-order valence-electron chi connectivity index (χ2n) is 7.95. The van der Waals surface area contributed by atoms with Gasteiger partial charge in [-0.05, 0) is 42.5 Å². The zero-order valence-corrected chi connectivity index (χ0v) is 19.0. The van der Waals surface area contributed by atoms with Gasteiger partial charge in [0.1, 0.15) is 5.75 Å². The maximum Gasteiger partial charge on any atom is 0.262 e. The van der Waals surface area contributed by atoms with E-state index in [1.54, 1.807) is 19.2 Å². The van der Waals surface area contributed by atoms with Crippen molar-refractivity contribution in [3.8, 4) is 17.2 Å². The number of H-pyrrole nitrogens is 1. The minimum atomic E-state index is -0.246. The first-order chi connectivity index (χ1) is 16.0. The molecule has 0 atom stereocenters. The molecule has 2 aromatic carbocycles. The van der Waals surface area contributed by atoms with Crippen molar-refractivity contribution in [3.63, 3.8) is 0 Å². The van der Waals surface area contributed by atoms with Gasteiger partial charge in [0, 0.05) is 50.9 Å². The van der Waals surface area contributed by atoms with Gasteiger partial charge < -0.3 is 29.0 Å². The lowest BCUT2D eigenvalue weighted by Crippen LogP contribution is -2.49. The van der Waals surface area contributed by atoms with Crippen molar-refractivity contribution in [2.75, 3.05) is 45.0 Å². The molecule has 172 valence electrons. The Labute approximate surface area is 195 Å². The topological polar surface area (TPSA) is 89.0 Å². The molecule has 1 fully saturated rings. The van der Waals surface area contributed by atoms with Gasteiger partial charge in [-0.15, -0.1) is 0 Å². The Morgan fingerprint density at radius 2 is 1.79 bits per heavy atom. The van der Waals surface area contributed by atoms with E-state index in [2.05, 4.69) is 9.88 Å². The number of fused-ring (bicyclic) bond motifs is 2. The average molecular weight is 469 g/mol. The normalized spacial score (nSPS) is 15.2. The lowest BCUT2D eigenvalue weighted by Gasteiger charge is -2.36. The van der Waals surface area contributed by atoms with E-state index in [0.29, 0.717) is 35.5 Å². The molecule has 0 aliphatic carbocycles. The summed E-state index contributed by atoms with van der Waals surface area (Å²) in [6.45, 7) is 3.11. The molecule has 0 bridgehead atoms. The van der Waals surface area contributed by atoms with Crippen LogP contribution in [-0.4, -0.2) is 60.4 Å². The van der Waals surface area contributed by atoms with E-state index in [4.69, 9.17) is 26.4 Å². The van der Waals surface area contributed by atoms with Crippen LogP contribution in [0, 0.1) is 4.77 Å². The number of anilines is 1. The van der Waals surface area contributed by atoms with Gasteiger partial charge in [0.15, 0.2) is 16.3 Å². The second kappa shape index (κ2) is 8.78. The van der Waals surface area contributed by atoms with Crippen LogP contribution in [0.4, 0.5) is 5.69 Å². The van der Waals surface area contributed by atoms with Crippen LogP contribution in [0.3, 0.4) is 0 Å². The van der Waals surface area contributed by atoms with Crippen molar-refractivity contribution >= 4 is 34.7 Å². The first-order valence-electron chi connectivity index (χ1n) is 10.8. The van der Waals surface area contributed by atoms with Crippen LogP contribution in [-0.2, 0) is 11.3 Å². The van der Waals surface area contributed by atoms with Crippen molar-refractivity contribution in [2.45, 2.75) is 13.0 Å². The predicted molar refractivity (Wildman–Crippen MR) is 126 cm³/mol. The number of nitrogens with zero attached hydrogens (tertiary/aromatic N) is 3. The van der Waals surface area contributed by atoms with Gasteiger partial charge in [-0.2, -0.15) is 0 Å². The monoisotopic (exact) mass is 468 g/mol. The minimum absolute atomic E-state index is 0.0106. The number of benzene rings is 2. The number of carbonyl (C=O) groups is 1. The van der Waals surface area contributed by atoms with E-state index in [9.17, 15) is 9.59 Å². The molecular formula is C23H24N4O5S. The summed E-state index contributed by atoms with van der Waals surface area (Å²) in [5, 5.41) is 0.452. The lowest BCUT2D eigenvalue weighted by atomic mass is 10.2. The number of hydrogen-bond donors (Lipinski definition) is 1. The number of aromatic amines is 1. The Bertz CT molecular complexity index is 1310. The Morgan fingerprint density at radius 3 is 2.48 bits per heavy atom. The Hall–Kier alpha value is -3.53. The summed E-state index contributed by atoms with van der Waals surface area (Å²) >= 11 is 5.39. The van der Waals surface area contributed by atoms with Crippen LogP contribution in [0.5, 0.6) is 17.2 Å². The molecule has 0 saturated carbocycles. The predicted octanol–water partition coefficient (Wildman–Crippen LogP) is 2.54. The number of nitrogens with one attached hydrogen (secondary N) is 1. The van der Waals surface area contributed by atoms with E-state index >= 15 is 0 Å². The highest BCUT2D eigenvalue weighted by Crippen LogP contribution is 2.34. The number of rotatable bonds is 5. The van der Waals surface area contributed by atoms with E-state index in [1.807, 2.05) is 29.2 Å². The number of piperazine rings is 1. The fraction of sp³-hybridized carbons (Fsp3) is 0.348. The first-order valence-corrected chi connectivity index (χ1v) is 11.2. The fourth-order valence-corrected chi connectivity index (χ4v) is 4.50. The van der Waals surface area contributed by atoms with Gasteiger partial charge in [0.05, 0.1) is 18.0 Å². The molecule has 0 radical (unpaired) electrons. The molecule has 5 rings (SSSR count). The van der Waals surface area contributed by atoms with Gasteiger partial charge in [-0.1, -0.05) is 0 Å². The van der Waals surface area contributed by atoms with Gasteiger partial charge >= 0.3 is 0 Å². The summed E-state index contributed by atoms with van der Waals surface area (Å²) < 4.78 is 17.7. The van der Waals surface area contributed by atoms with Crippen molar-refractivity contribution in [1.29, 1.82) is 0 Å².